The maximum absolute atomic E-state index is 5.63. The summed E-state index contributed by atoms with van der Waals surface area (Å²) in [6, 6.07) is 0. The Morgan fingerprint density at radius 1 is 1.57 bits per heavy atom. The van der Waals surface area contributed by atoms with Crippen molar-refractivity contribution in [2.24, 2.45) is 5.92 Å². The first-order valence-electron chi connectivity index (χ1n) is 4.89. The number of nitrogens with zero attached hydrogens (tertiary/aromatic N) is 2. The van der Waals surface area contributed by atoms with Crippen LogP contribution >= 0.6 is 11.3 Å². The fourth-order valence-electron chi connectivity index (χ4n) is 1.62. The van der Waals surface area contributed by atoms with Crippen molar-refractivity contribution in [2.75, 3.05) is 13.7 Å². The second-order valence-electron chi connectivity index (χ2n) is 3.62. The van der Waals surface area contributed by atoms with Gasteiger partial charge < -0.3 is 10.1 Å². The molecule has 5 heteroatoms. The molecular formula is C9H15N3OS. The van der Waals surface area contributed by atoms with Crippen LogP contribution in [0.3, 0.4) is 0 Å². The molecule has 1 saturated heterocycles. The van der Waals surface area contributed by atoms with Gasteiger partial charge >= 0.3 is 0 Å². The van der Waals surface area contributed by atoms with Gasteiger partial charge in [0.1, 0.15) is 16.1 Å². The molecule has 1 fully saturated rings. The smallest absolute Gasteiger partial charge is 0.146 e. The predicted molar refractivity (Wildman–Crippen MR) is 55.1 cm³/mol. The highest BCUT2D eigenvalue weighted by Crippen LogP contribution is 2.35. The number of hydrogen-bond acceptors (Lipinski definition) is 5. The molecule has 2 rings (SSSR count). The standard InChI is InChI=1S/C9H15N3OS/c1-6-3-4-13-8(6)9-12-11-7(14-9)5-10-2/h6,8,10H,3-5H2,1-2H3. The van der Waals surface area contributed by atoms with Gasteiger partial charge in [0.25, 0.3) is 0 Å². The van der Waals surface area contributed by atoms with Crippen LogP contribution in [-0.4, -0.2) is 23.9 Å². The Bertz CT molecular complexity index is 302. The molecule has 2 atom stereocenters. The molecule has 0 bridgehead atoms. The molecule has 0 spiro atoms. The van der Waals surface area contributed by atoms with Crippen molar-refractivity contribution in [1.82, 2.24) is 15.5 Å². The summed E-state index contributed by atoms with van der Waals surface area (Å²) in [5.41, 5.74) is 0. The highest BCUT2D eigenvalue weighted by atomic mass is 32.1. The van der Waals surface area contributed by atoms with Gasteiger partial charge in [0.15, 0.2) is 0 Å². The lowest BCUT2D eigenvalue weighted by atomic mass is 10.1. The molecule has 14 heavy (non-hydrogen) atoms. The minimum atomic E-state index is 0.179. The Morgan fingerprint density at radius 2 is 2.43 bits per heavy atom. The molecule has 2 heterocycles. The predicted octanol–water partition coefficient (Wildman–Crippen LogP) is 1.35. The fraction of sp³-hybridized carbons (Fsp3) is 0.778. The van der Waals surface area contributed by atoms with Gasteiger partial charge in [0, 0.05) is 13.2 Å². The second-order valence-corrected chi connectivity index (χ2v) is 4.72. The van der Waals surface area contributed by atoms with Crippen LogP contribution in [0, 0.1) is 5.92 Å². The van der Waals surface area contributed by atoms with E-state index in [1.807, 2.05) is 7.05 Å². The summed E-state index contributed by atoms with van der Waals surface area (Å²) < 4.78 is 5.63. The Labute approximate surface area is 87.7 Å². The molecule has 0 aliphatic carbocycles. The summed E-state index contributed by atoms with van der Waals surface area (Å²) in [6.07, 6.45) is 1.31. The molecule has 1 N–H and O–H groups in total. The molecule has 0 saturated carbocycles. The maximum atomic E-state index is 5.63. The van der Waals surface area contributed by atoms with Crippen molar-refractivity contribution >= 4 is 11.3 Å². The van der Waals surface area contributed by atoms with E-state index in [-0.39, 0.29) is 6.10 Å². The number of hydrogen-bond donors (Lipinski definition) is 1. The Hall–Kier alpha value is -0.520. The van der Waals surface area contributed by atoms with Crippen LogP contribution in [0.1, 0.15) is 29.5 Å². The third-order valence-corrected chi connectivity index (χ3v) is 3.43. The van der Waals surface area contributed by atoms with Crippen LogP contribution < -0.4 is 5.32 Å². The highest BCUT2D eigenvalue weighted by molar-refractivity contribution is 7.11. The summed E-state index contributed by atoms with van der Waals surface area (Å²) in [4.78, 5) is 0. The van der Waals surface area contributed by atoms with Crippen molar-refractivity contribution in [3.05, 3.63) is 10.0 Å². The van der Waals surface area contributed by atoms with Crippen LogP contribution in [0.5, 0.6) is 0 Å². The lowest BCUT2D eigenvalue weighted by molar-refractivity contribution is 0.0937. The van der Waals surface area contributed by atoms with E-state index >= 15 is 0 Å². The molecule has 1 aromatic rings. The molecule has 0 amide bonds. The minimum Gasteiger partial charge on any atom is -0.371 e. The Balaban J connectivity index is 2.08. The molecular weight excluding hydrogens is 198 g/mol. The van der Waals surface area contributed by atoms with Crippen molar-refractivity contribution in [3.8, 4) is 0 Å². The van der Waals surface area contributed by atoms with E-state index in [1.54, 1.807) is 11.3 Å². The third-order valence-electron chi connectivity index (χ3n) is 2.44. The van der Waals surface area contributed by atoms with E-state index in [2.05, 4.69) is 22.4 Å². The van der Waals surface area contributed by atoms with Crippen LogP contribution in [0.25, 0.3) is 0 Å². The van der Waals surface area contributed by atoms with Gasteiger partial charge in [-0.25, -0.2) is 0 Å². The normalized spacial score (nSPS) is 27.0. The third kappa shape index (κ3) is 1.94. The number of ether oxygens (including phenoxy) is 1. The van der Waals surface area contributed by atoms with E-state index in [0.717, 1.165) is 29.6 Å². The number of aromatic nitrogens is 2. The van der Waals surface area contributed by atoms with Crippen LogP contribution in [0.2, 0.25) is 0 Å². The minimum absolute atomic E-state index is 0.179. The average molecular weight is 213 g/mol. The van der Waals surface area contributed by atoms with Gasteiger partial charge in [0.05, 0.1) is 0 Å². The second kappa shape index (κ2) is 4.33. The van der Waals surface area contributed by atoms with E-state index in [1.165, 1.54) is 0 Å². The first-order valence-corrected chi connectivity index (χ1v) is 5.71. The van der Waals surface area contributed by atoms with Crippen molar-refractivity contribution in [3.63, 3.8) is 0 Å². The SMILES string of the molecule is CNCc1nnc(C2OCCC2C)s1. The molecule has 0 aromatic carbocycles. The van der Waals surface area contributed by atoms with Crippen molar-refractivity contribution in [1.29, 1.82) is 0 Å². The monoisotopic (exact) mass is 213 g/mol. The fourth-order valence-corrected chi connectivity index (χ4v) is 2.65. The average Bonchev–Trinajstić information content (AvgIpc) is 2.74. The Morgan fingerprint density at radius 3 is 3.07 bits per heavy atom. The maximum Gasteiger partial charge on any atom is 0.146 e. The zero-order valence-corrected chi connectivity index (χ0v) is 9.30. The molecule has 78 valence electrons. The number of nitrogens with one attached hydrogen (secondary N) is 1. The van der Waals surface area contributed by atoms with E-state index in [9.17, 15) is 0 Å². The van der Waals surface area contributed by atoms with Crippen LogP contribution in [0.4, 0.5) is 0 Å². The van der Waals surface area contributed by atoms with Crippen LogP contribution in [0.15, 0.2) is 0 Å². The lowest BCUT2D eigenvalue weighted by Crippen LogP contribution is -2.04. The number of rotatable bonds is 3. The molecule has 1 aliphatic heterocycles. The van der Waals surface area contributed by atoms with Gasteiger partial charge in [-0.2, -0.15) is 0 Å². The molecule has 0 radical (unpaired) electrons. The first-order chi connectivity index (χ1) is 6.81. The van der Waals surface area contributed by atoms with E-state index < -0.39 is 0 Å². The van der Waals surface area contributed by atoms with Gasteiger partial charge in [-0.3, -0.25) is 0 Å². The van der Waals surface area contributed by atoms with Crippen LogP contribution in [-0.2, 0) is 11.3 Å². The largest absolute Gasteiger partial charge is 0.371 e. The molecule has 1 aliphatic rings. The summed E-state index contributed by atoms with van der Waals surface area (Å²) >= 11 is 1.65. The van der Waals surface area contributed by atoms with Crippen molar-refractivity contribution < 1.29 is 4.74 Å². The summed E-state index contributed by atoms with van der Waals surface area (Å²) in [5.74, 6) is 0.574. The van der Waals surface area contributed by atoms with Gasteiger partial charge in [-0.1, -0.05) is 18.3 Å². The van der Waals surface area contributed by atoms with E-state index in [4.69, 9.17) is 4.74 Å². The zero-order valence-electron chi connectivity index (χ0n) is 8.49. The molecule has 2 unspecified atom stereocenters. The summed E-state index contributed by atoms with van der Waals surface area (Å²) in [7, 11) is 1.91. The summed E-state index contributed by atoms with van der Waals surface area (Å²) in [6.45, 7) is 3.85. The van der Waals surface area contributed by atoms with E-state index in [0.29, 0.717) is 5.92 Å². The molecule has 4 nitrogen and oxygen atoms in total. The topological polar surface area (TPSA) is 47.0 Å². The zero-order chi connectivity index (χ0) is 9.97. The Kier molecular flexibility index (Phi) is 3.10. The van der Waals surface area contributed by atoms with Gasteiger partial charge in [-0.05, 0) is 19.4 Å². The quantitative estimate of drug-likeness (QED) is 0.823. The highest BCUT2D eigenvalue weighted by Gasteiger charge is 2.28. The van der Waals surface area contributed by atoms with Crippen molar-refractivity contribution in [2.45, 2.75) is 26.0 Å². The van der Waals surface area contributed by atoms with Gasteiger partial charge in [0.2, 0.25) is 0 Å². The molecule has 1 aromatic heterocycles. The first kappa shape index (κ1) is 10.0. The summed E-state index contributed by atoms with van der Waals surface area (Å²) in [5, 5.41) is 13.4. The lowest BCUT2D eigenvalue weighted by Gasteiger charge is -2.09. The van der Waals surface area contributed by atoms with Gasteiger partial charge in [-0.15, -0.1) is 10.2 Å².